The van der Waals surface area contributed by atoms with Crippen molar-refractivity contribution in [2.75, 3.05) is 18.4 Å². The van der Waals surface area contributed by atoms with Crippen LogP contribution in [0.3, 0.4) is 0 Å². The lowest BCUT2D eigenvalue weighted by molar-refractivity contribution is 0.0793. The average molecular weight is 328 g/mol. The molecule has 1 aromatic heterocycles. The minimum atomic E-state index is -0.119. The summed E-state index contributed by atoms with van der Waals surface area (Å²) in [5.41, 5.74) is 6.07. The average Bonchev–Trinajstić information content (AvgIpc) is 2.81. The van der Waals surface area contributed by atoms with E-state index in [4.69, 9.17) is 0 Å². The summed E-state index contributed by atoms with van der Waals surface area (Å²) in [4.78, 5) is 2.42. The van der Waals surface area contributed by atoms with Gasteiger partial charge in [0.1, 0.15) is 0 Å². The molecule has 0 bridgehead atoms. The fraction of sp³-hybridized carbons (Fsp3) is 0.526. The Bertz CT molecular complexity index is 687. The minimum Gasteiger partial charge on any atom is -0.393 e. The van der Waals surface area contributed by atoms with Gasteiger partial charge in [-0.3, -0.25) is 9.58 Å². The second kappa shape index (κ2) is 7.36. The Balaban J connectivity index is 1.68. The summed E-state index contributed by atoms with van der Waals surface area (Å²) in [6, 6.07) is 8.51. The van der Waals surface area contributed by atoms with Gasteiger partial charge in [-0.2, -0.15) is 5.10 Å². The summed E-state index contributed by atoms with van der Waals surface area (Å²) in [5.74, 6) is 0. The molecule has 130 valence electrons. The number of aliphatic hydroxyl groups excluding tert-OH is 1. The Morgan fingerprint density at radius 2 is 1.92 bits per heavy atom. The van der Waals surface area contributed by atoms with Crippen LogP contribution in [-0.2, 0) is 20.1 Å². The predicted molar refractivity (Wildman–Crippen MR) is 97.0 cm³/mol. The van der Waals surface area contributed by atoms with Crippen molar-refractivity contribution < 1.29 is 5.11 Å². The first-order valence-electron chi connectivity index (χ1n) is 8.76. The van der Waals surface area contributed by atoms with Crippen LogP contribution in [0.2, 0.25) is 0 Å². The maximum atomic E-state index is 9.66. The third-order valence-corrected chi connectivity index (χ3v) is 5.08. The largest absolute Gasteiger partial charge is 0.393 e. The van der Waals surface area contributed by atoms with Gasteiger partial charge >= 0.3 is 0 Å². The van der Waals surface area contributed by atoms with Gasteiger partial charge in [0, 0.05) is 50.2 Å². The predicted octanol–water partition coefficient (Wildman–Crippen LogP) is 2.61. The molecule has 0 atom stereocenters. The zero-order chi connectivity index (χ0) is 17.1. The number of hydrogen-bond donors (Lipinski definition) is 2. The van der Waals surface area contributed by atoms with Gasteiger partial charge in [-0.25, -0.2) is 0 Å². The quantitative estimate of drug-likeness (QED) is 0.886. The number of para-hydroxylation sites is 1. The third-order valence-electron chi connectivity index (χ3n) is 5.08. The first-order valence-corrected chi connectivity index (χ1v) is 8.76. The molecule has 2 aromatic rings. The van der Waals surface area contributed by atoms with Gasteiger partial charge in [-0.1, -0.05) is 18.2 Å². The molecule has 1 fully saturated rings. The lowest BCUT2D eigenvalue weighted by Gasteiger charge is -2.30. The van der Waals surface area contributed by atoms with Crippen molar-refractivity contribution in [3.63, 3.8) is 0 Å². The first kappa shape index (κ1) is 17.0. The minimum absolute atomic E-state index is 0.119. The van der Waals surface area contributed by atoms with E-state index in [1.165, 1.54) is 22.5 Å². The molecule has 2 heterocycles. The number of nitrogens with one attached hydrogen (secondary N) is 1. The first-order chi connectivity index (χ1) is 11.5. The summed E-state index contributed by atoms with van der Waals surface area (Å²) in [6.45, 7) is 7.84. The SMILES string of the molecule is Cc1nn(C)c(C)c1CNc1ccccc1CN1CCC(O)CC1. The number of aliphatic hydroxyl groups is 1. The number of hydrogen-bond acceptors (Lipinski definition) is 4. The van der Waals surface area contributed by atoms with Crippen LogP contribution in [0.25, 0.3) is 0 Å². The highest BCUT2D eigenvalue weighted by atomic mass is 16.3. The number of nitrogens with zero attached hydrogens (tertiary/aromatic N) is 3. The molecule has 1 aromatic carbocycles. The van der Waals surface area contributed by atoms with Crippen LogP contribution >= 0.6 is 0 Å². The molecule has 0 unspecified atom stereocenters. The second-order valence-corrected chi connectivity index (χ2v) is 6.79. The van der Waals surface area contributed by atoms with Crippen molar-refractivity contribution >= 4 is 5.69 Å². The molecule has 1 aliphatic rings. The molecule has 24 heavy (non-hydrogen) atoms. The normalized spacial score (nSPS) is 16.5. The molecule has 2 N–H and O–H groups in total. The van der Waals surface area contributed by atoms with Crippen LogP contribution in [-0.4, -0.2) is 39.0 Å². The van der Waals surface area contributed by atoms with Crippen LogP contribution in [0.4, 0.5) is 5.69 Å². The molecule has 0 saturated carbocycles. The number of benzene rings is 1. The van der Waals surface area contributed by atoms with Gasteiger partial charge in [0.15, 0.2) is 0 Å². The maximum absolute atomic E-state index is 9.66. The zero-order valence-electron chi connectivity index (χ0n) is 14.9. The van der Waals surface area contributed by atoms with Crippen LogP contribution in [0.1, 0.15) is 35.4 Å². The summed E-state index contributed by atoms with van der Waals surface area (Å²) < 4.78 is 1.94. The van der Waals surface area contributed by atoms with Gasteiger partial charge in [-0.15, -0.1) is 0 Å². The Hall–Kier alpha value is -1.85. The van der Waals surface area contributed by atoms with Gasteiger partial charge < -0.3 is 10.4 Å². The van der Waals surface area contributed by atoms with Crippen molar-refractivity contribution in [1.82, 2.24) is 14.7 Å². The fourth-order valence-corrected chi connectivity index (χ4v) is 3.41. The fourth-order valence-electron chi connectivity index (χ4n) is 3.41. The van der Waals surface area contributed by atoms with Gasteiger partial charge in [-0.05, 0) is 38.3 Å². The van der Waals surface area contributed by atoms with Gasteiger partial charge in [0.2, 0.25) is 0 Å². The number of likely N-dealkylation sites (tertiary alicyclic amines) is 1. The van der Waals surface area contributed by atoms with E-state index in [1.54, 1.807) is 0 Å². The van der Waals surface area contributed by atoms with E-state index in [2.05, 4.69) is 53.4 Å². The smallest absolute Gasteiger partial charge is 0.0646 e. The van der Waals surface area contributed by atoms with E-state index < -0.39 is 0 Å². The standard InChI is InChI=1S/C19H28N4O/c1-14-18(15(2)22(3)21-14)12-20-19-7-5-4-6-16(19)13-23-10-8-17(24)9-11-23/h4-7,17,20,24H,8-13H2,1-3H3. The molecule has 0 spiro atoms. The van der Waals surface area contributed by atoms with E-state index in [-0.39, 0.29) is 6.10 Å². The highest BCUT2D eigenvalue weighted by Gasteiger charge is 2.18. The summed E-state index contributed by atoms with van der Waals surface area (Å²) >= 11 is 0. The summed E-state index contributed by atoms with van der Waals surface area (Å²) in [7, 11) is 1.99. The lowest BCUT2D eigenvalue weighted by Crippen LogP contribution is -2.35. The van der Waals surface area contributed by atoms with Crippen LogP contribution in [0.5, 0.6) is 0 Å². The highest BCUT2D eigenvalue weighted by molar-refractivity contribution is 5.51. The monoisotopic (exact) mass is 328 g/mol. The van der Waals surface area contributed by atoms with Crippen molar-refractivity contribution in [2.45, 2.75) is 45.9 Å². The summed E-state index contributed by atoms with van der Waals surface area (Å²) in [6.07, 6.45) is 1.64. The highest BCUT2D eigenvalue weighted by Crippen LogP contribution is 2.22. The summed E-state index contributed by atoms with van der Waals surface area (Å²) in [5, 5.41) is 17.7. The number of aryl methyl sites for hydroxylation is 2. The Labute approximate surface area is 144 Å². The molecular weight excluding hydrogens is 300 g/mol. The van der Waals surface area contributed by atoms with E-state index in [9.17, 15) is 5.11 Å². The van der Waals surface area contributed by atoms with Gasteiger partial charge in [0.05, 0.1) is 11.8 Å². The number of anilines is 1. The zero-order valence-corrected chi connectivity index (χ0v) is 14.9. The van der Waals surface area contributed by atoms with Crippen LogP contribution in [0, 0.1) is 13.8 Å². The van der Waals surface area contributed by atoms with Gasteiger partial charge in [0.25, 0.3) is 0 Å². The molecular formula is C19H28N4O. The van der Waals surface area contributed by atoms with E-state index >= 15 is 0 Å². The van der Waals surface area contributed by atoms with Crippen molar-refractivity contribution in [1.29, 1.82) is 0 Å². The van der Waals surface area contributed by atoms with Crippen molar-refractivity contribution in [3.8, 4) is 0 Å². The van der Waals surface area contributed by atoms with Crippen molar-refractivity contribution in [2.24, 2.45) is 7.05 Å². The number of aromatic nitrogens is 2. The van der Waals surface area contributed by atoms with E-state index in [0.29, 0.717) is 0 Å². The third kappa shape index (κ3) is 3.79. The van der Waals surface area contributed by atoms with Crippen LogP contribution < -0.4 is 5.32 Å². The van der Waals surface area contributed by atoms with E-state index in [1.807, 2.05) is 11.7 Å². The Morgan fingerprint density at radius 1 is 1.21 bits per heavy atom. The van der Waals surface area contributed by atoms with Crippen LogP contribution in [0.15, 0.2) is 24.3 Å². The molecule has 1 saturated heterocycles. The Kier molecular flexibility index (Phi) is 5.21. The molecule has 1 aliphatic heterocycles. The molecule has 0 radical (unpaired) electrons. The molecule has 5 heteroatoms. The van der Waals surface area contributed by atoms with E-state index in [0.717, 1.165) is 44.7 Å². The molecule has 5 nitrogen and oxygen atoms in total. The number of piperidine rings is 1. The molecule has 0 aliphatic carbocycles. The second-order valence-electron chi connectivity index (χ2n) is 6.79. The van der Waals surface area contributed by atoms with Crippen molar-refractivity contribution in [3.05, 3.63) is 46.8 Å². The Morgan fingerprint density at radius 3 is 2.58 bits per heavy atom. The maximum Gasteiger partial charge on any atom is 0.0646 e. The number of rotatable bonds is 5. The lowest BCUT2D eigenvalue weighted by atomic mass is 10.1. The molecule has 0 amide bonds. The topological polar surface area (TPSA) is 53.3 Å². The molecule has 3 rings (SSSR count).